The summed E-state index contributed by atoms with van der Waals surface area (Å²) in [5.41, 5.74) is 0. The lowest BCUT2D eigenvalue weighted by molar-refractivity contribution is 0.237. The first-order chi connectivity index (χ1) is 7.75. The van der Waals surface area contributed by atoms with Crippen LogP contribution >= 0.6 is 31.9 Å². The molecule has 2 nitrogen and oxygen atoms in total. The van der Waals surface area contributed by atoms with Gasteiger partial charge in [-0.2, -0.15) is 0 Å². The van der Waals surface area contributed by atoms with Gasteiger partial charge in [0.05, 0.1) is 4.47 Å². The summed E-state index contributed by atoms with van der Waals surface area (Å²) < 4.78 is 7.81. The van der Waals surface area contributed by atoms with Crippen LogP contribution in [0.25, 0.3) is 0 Å². The van der Waals surface area contributed by atoms with Crippen molar-refractivity contribution in [2.75, 3.05) is 26.2 Å². The topological polar surface area (TPSA) is 12.5 Å². The van der Waals surface area contributed by atoms with E-state index in [0.29, 0.717) is 0 Å². The minimum atomic E-state index is 0.764. The fraction of sp³-hybridized carbons (Fsp3) is 0.500. The van der Waals surface area contributed by atoms with E-state index in [9.17, 15) is 0 Å². The van der Waals surface area contributed by atoms with Crippen molar-refractivity contribution in [1.82, 2.24) is 4.90 Å². The Labute approximate surface area is 113 Å². The SMILES string of the molecule is Brc1ccc(OCCN2CCCC2)c(Br)c1. The lowest BCUT2D eigenvalue weighted by Gasteiger charge is -2.15. The van der Waals surface area contributed by atoms with Crippen molar-refractivity contribution < 1.29 is 4.74 Å². The second-order valence-electron chi connectivity index (χ2n) is 3.97. The van der Waals surface area contributed by atoms with Gasteiger partial charge in [-0.1, -0.05) is 15.9 Å². The highest BCUT2D eigenvalue weighted by molar-refractivity contribution is 9.11. The molecule has 2 rings (SSSR count). The number of hydrogen-bond acceptors (Lipinski definition) is 2. The molecule has 16 heavy (non-hydrogen) atoms. The standard InChI is InChI=1S/C12H15Br2NO/c13-10-3-4-12(11(14)9-10)16-8-7-15-5-1-2-6-15/h3-4,9H,1-2,5-8H2. The maximum atomic E-state index is 5.74. The van der Waals surface area contributed by atoms with Crippen molar-refractivity contribution in [3.05, 3.63) is 27.1 Å². The van der Waals surface area contributed by atoms with E-state index in [-0.39, 0.29) is 0 Å². The van der Waals surface area contributed by atoms with Gasteiger partial charge in [0, 0.05) is 11.0 Å². The summed E-state index contributed by atoms with van der Waals surface area (Å²) in [6.07, 6.45) is 2.67. The molecule has 1 fully saturated rings. The number of rotatable bonds is 4. The molecule has 0 saturated carbocycles. The van der Waals surface area contributed by atoms with Crippen LogP contribution in [0.5, 0.6) is 5.75 Å². The molecule has 0 radical (unpaired) electrons. The third kappa shape index (κ3) is 3.47. The van der Waals surface area contributed by atoms with Gasteiger partial charge in [-0.3, -0.25) is 4.90 Å². The molecule has 1 aromatic rings. The molecule has 0 amide bonds. The molecule has 0 spiro atoms. The van der Waals surface area contributed by atoms with Gasteiger partial charge in [0.25, 0.3) is 0 Å². The summed E-state index contributed by atoms with van der Waals surface area (Å²) in [6.45, 7) is 4.25. The molecule has 0 N–H and O–H groups in total. The lowest BCUT2D eigenvalue weighted by atomic mass is 10.3. The number of benzene rings is 1. The van der Waals surface area contributed by atoms with Crippen molar-refractivity contribution >= 4 is 31.9 Å². The van der Waals surface area contributed by atoms with Gasteiger partial charge in [-0.05, 0) is 60.1 Å². The van der Waals surface area contributed by atoms with Gasteiger partial charge in [-0.25, -0.2) is 0 Å². The quantitative estimate of drug-likeness (QED) is 0.822. The van der Waals surface area contributed by atoms with Crippen LogP contribution in [0.4, 0.5) is 0 Å². The summed E-state index contributed by atoms with van der Waals surface area (Å²) in [4.78, 5) is 2.45. The van der Waals surface area contributed by atoms with Gasteiger partial charge in [0.1, 0.15) is 12.4 Å². The second kappa shape index (κ2) is 6.03. The monoisotopic (exact) mass is 347 g/mol. The summed E-state index contributed by atoms with van der Waals surface area (Å²) in [7, 11) is 0. The predicted octanol–water partition coefficient (Wildman–Crippen LogP) is 3.69. The van der Waals surface area contributed by atoms with Gasteiger partial charge in [0.2, 0.25) is 0 Å². The van der Waals surface area contributed by atoms with Crippen LogP contribution in [-0.2, 0) is 0 Å². The molecule has 1 aromatic carbocycles. The van der Waals surface area contributed by atoms with Crippen LogP contribution in [0.1, 0.15) is 12.8 Å². The molecule has 0 bridgehead atoms. The van der Waals surface area contributed by atoms with Crippen LogP contribution in [0.2, 0.25) is 0 Å². The van der Waals surface area contributed by atoms with Crippen LogP contribution in [-0.4, -0.2) is 31.1 Å². The summed E-state index contributed by atoms with van der Waals surface area (Å²) in [5, 5.41) is 0. The number of hydrogen-bond donors (Lipinski definition) is 0. The molecular formula is C12H15Br2NO. The minimum absolute atomic E-state index is 0.764. The zero-order valence-corrected chi connectivity index (χ0v) is 12.3. The molecule has 88 valence electrons. The fourth-order valence-corrected chi connectivity index (χ4v) is 3.04. The molecule has 0 unspecified atom stereocenters. The Kier molecular flexibility index (Phi) is 4.67. The van der Waals surface area contributed by atoms with E-state index in [0.717, 1.165) is 27.8 Å². The highest BCUT2D eigenvalue weighted by Gasteiger charge is 2.11. The zero-order valence-electron chi connectivity index (χ0n) is 9.09. The van der Waals surface area contributed by atoms with E-state index in [1.807, 2.05) is 18.2 Å². The van der Waals surface area contributed by atoms with E-state index in [1.165, 1.54) is 25.9 Å². The third-order valence-electron chi connectivity index (χ3n) is 2.76. The largest absolute Gasteiger partial charge is 0.491 e. The van der Waals surface area contributed by atoms with Gasteiger partial charge in [-0.15, -0.1) is 0 Å². The summed E-state index contributed by atoms with van der Waals surface area (Å²) in [5.74, 6) is 0.919. The average molecular weight is 349 g/mol. The lowest BCUT2D eigenvalue weighted by Crippen LogP contribution is -2.25. The van der Waals surface area contributed by atoms with Crippen molar-refractivity contribution in [2.24, 2.45) is 0 Å². The van der Waals surface area contributed by atoms with E-state index in [2.05, 4.69) is 36.8 Å². The maximum absolute atomic E-state index is 5.74. The molecule has 0 aromatic heterocycles. The van der Waals surface area contributed by atoms with Crippen LogP contribution in [0.15, 0.2) is 27.1 Å². The highest BCUT2D eigenvalue weighted by atomic mass is 79.9. The Morgan fingerprint density at radius 3 is 2.62 bits per heavy atom. The second-order valence-corrected chi connectivity index (χ2v) is 5.74. The molecule has 1 heterocycles. The van der Waals surface area contributed by atoms with E-state index >= 15 is 0 Å². The van der Waals surface area contributed by atoms with Gasteiger partial charge in [0.15, 0.2) is 0 Å². The fourth-order valence-electron chi connectivity index (χ4n) is 1.88. The normalized spacial score (nSPS) is 16.6. The van der Waals surface area contributed by atoms with Crippen LogP contribution in [0.3, 0.4) is 0 Å². The van der Waals surface area contributed by atoms with Crippen molar-refractivity contribution in [3.63, 3.8) is 0 Å². The molecule has 1 saturated heterocycles. The van der Waals surface area contributed by atoms with Crippen molar-refractivity contribution in [1.29, 1.82) is 0 Å². The van der Waals surface area contributed by atoms with E-state index in [1.54, 1.807) is 0 Å². The predicted molar refractivity (Wildman–Crippen MR) is 73.0 cm³/mol. The van der Waals surface area contributed by atoms with Crippen molar-refractivity contribution in [3.8, 4) is 5.75 Å². The minimum Gasteiger partial charge on any atom is -0.491 e. The number of halogens is 2. The number of likely N-dealkylation sites (tertiary alicyclic amines) is 1. The first-order valence-electron chi connectivity index (χ1n) is 5.56. The van der Waals surface area contributed by atoms with Gasteiger partial charge >= 0.3 is 0 Å². The van der Waals surface area contributed by atoms with E-state index < -0.39 is 0 Å². The highest BCUT2D eigenvalue weighted by Crippen LogP contribution is 2.28. The first-order valence-corrected chi connectivity index (χ1v) is 7.14. The Morgan fingerprint density at radius 1 is 1.19 bits per heavy atom. The smallest absolute Gasteiger partial charge is 0.133 e. The molecule has 0 atom stereocenters. The van der Waals surface area contributed by atoms with E-state index in [4.69, 9.17) is 4.74 Å². The van der Waals surface area contributed by atoms with Crippen molar-refractivity contribution in [2.45, 2.75) is 12.8 Å². The Balaban J connectivity index is 1.80. The summed E-state index contributed by atoms with van der Waals surface area (Å²) in [6, 6.07) is 5.99. The maximum Gasteiger partial charge on any atom is 0.133 e. The average Bonchev–Trinajstić information content (AvgIpc) is 2.74. The van der Waals surface area contributed by atoms with Crippen LogP contribution < -0.4 is 4.74 Å². The molecule has 1 aliphatic rings. The molecule has 4 heteroatoms. The third-order valence-corrected chi connectivity index (χ3v) is 3.87. The Hall–Kier alpha value is -0.0600. The van der Waals surface area contributed by atoms with Gasteiger partial charge < -0.3 is 4.74 Å². The number of nitrogens with zero attached hydrogens (tertiary/aromatic N) is 1. The van der Waals surface area contributed by atoms with Crippen LogP contribution in [0, 0.1) is 0 Å². The molecule has 0 aliphatic carbocycles. The molecular weight excluding hydrogens is 334 g/mol. The number of ether oxygens (including phenoxy) is 1. The Morgan fingerprint density at radius 2 is 1.94 bits per heavy atom. The zero-order chi connectivity index (χ0) is 11.4. The summed E-state index contributed by atoms with van der Waals surface area (Å²) >= 11 is 6.92. The molecule has 1 aliphatic heterocycles. The Bertz CT molecular complexity index is 351. The first kappa shape index (κ1) is 12.4.